The highest BCUT2D eigenvalue weighted by Crippen LogP contribution is 2.48. The van der Waals surface area contributed by atoms with Crippen molar-refractivity contribution in [2.45, 2.75) is 26.2 Å². The molecule has 3 rings (SSSR count). The van der Waals surface area contributed by atoms with E-state index in [1.54, 1.807) is 30.3 Å². The van der Waals surface area contributed by atoms with Crippen LogP contribution in [0.1, 0.15) is 36.5 Å². The van der Waals surface area contributed by atoms with E-state index >= 15 is 0 Å². The van der Waals surface area contributed by atoms with Gasteiger partial charge in [0.2, 0.25) is 0 Å². The molecule has 1 saturated carbocycles. The van der Waals surface area contributed by atoms with E-state index in [0.29, 0.717) is 18.4 Å². The standard InChI is InChI=1S/C19H20O4/c1-19-10-7-15(20)14(17(19)16(21)8-11-19)9-12-23-18(22)13-5-3-2-4-6-13/h2-6,8,11,14,17H,7,9-10,12H2,1H3/t14-,17+,19-/m1/s1. The summed E-state index contributed by atoms with van der Waals surface area (Å²) in [6, 6.07) is 8.76. The zero-order valence-corrected chi connectivity index (χ0v) is 13.2. The molecule has 1 aromatic carbocycles. The second-order valence-corrected chi connectivity index (χ2v) is 6.58. The molecule has 120 valence electrons. The summed E-state index contributed by atoms with van der Waals surface area (Å²) in [7, 11) is 0. The molecular formula is C19H20O4. The maximum Gasteiger partial charge on any atom is 0.338 e. The molecule has 4 nitrogen and oxygen atoms in total. The summed E-state index contributed by atoms with van der Waals surface area (Å²) in [6.07, 6.45) is 5.16. The topological polar surface area (TPSA) is 60.4 Å². The molecule has 0 heterocycles. The molecule has 0 bridgehead atoms. The minimum absolute atomic E-state index is 0.0277. The summed E-state index contributed by atoms with van der Waals surface area (Å²) in [4.78, 5) is 36.3. The second-order valence-electron chi connectivity index (χ2n) is 6.58. The largest absolute Gasteiger partial charge is 0.462 e. The number of ether oxygens (including phenoxy) is 1. The predicted molar refractivity (Wildman–Crippen MR) is 84.8 cm³/mol. The smallest absolute Gasteiger partial charge is 0.338 e. The Labute approximate surface area is 135 Å². The molecular weight excluding hydrogens is 292 g/mol. The fourth-order valence-electron chi connectivity index (χ4n) is 3.73. The van der Waals surface area contributed by atoms with Gasteiger partial charge in [0.15, 0.2) is 5.78 Å². The number of Topliss-reactive ketones (excluding diaryl/α,β-unsaturated/α-hetero) is 1. The number of hydrogen-bond donors (Lipinski definition) is 0. The van der Waals surface area contributed by atoms with Crippen molar-refractivity contribution in [2.24, 2.45) is 17.3 Å². The van der Waals surface area contributed by atoms with Crippen LogP contribution in [0.25, 0.3) is 0 Å². The highest BCUT2D eigenvalue weighted by atomic mass is 16.5. The van der Waals surface area contributed by atoms with Gasteiger partial charge in [-0.2, -0.15) is 0 Å². The van der Waals surface area contributed by atoms with Crippen LogP contribution >= 0.6 is 0 Å². The fourth-order valence-corrected chi connectivity index (χ4v) is 3.73. The van der Waals surface area contributed by atoms with E-state index in [4.69, 9.17) is 4.74 Å². The third kappa shape index (κ3) is 2.98. The van der Waals surface area contributed by atoms with Gasteiger partial charge >= 0.3 is 5.97 Å². The third-order valence-corrected chi connectivity index (χ3v) is 5.04. The van der Waals surface area contributed by atoms with E-state index in [-0.39, 0.29) is 35.4 Å². The molecule has 0 aromatic heterocycles. The van der Waals surface area contributed by atoms with Crippen molar-refractivity contribution in [2.75, 3.05) is 6.61 Å². The van der Waals surface area contributed by atoms with E-state index in [1.807, 2.05) is 19.1 Å². The van der Waals surface area contributed by atoms with Gasteiger partial charge in [0.05, 0.1) is 12.2 Å². The minimum atomic E-state index is -0.396. The van der Waals surface area contributed by atoms with Gasteiger partial charge in [-0.15, -0.1) is 0 Å². The fraction of sp³-hybridized carbons (Fsp3) is 0.421. The number of benzene rings is 1. The van der Waals surface area contributed by atoms with Crippen molar-refractivity contribution >= 4 is 17.5 Å². The molecule has 0 radical (unpaired) electrons. The first-order valence-corrected chi connectivity index (χ1v) is 7.99. The van der Waals surface area contributed by atoms with Crippen molar-refractivity contribution in [1.29, 1.82) is 0 Å². The van der Waals surface area contributed by atoms with Gasteiger partial charge in [-0.05, 0) is 36.5 Å². The predicted octanol–water partition coefficient (Wildman–Crippen LogP) is 2.97. The lowest BCUT2D eigenvalue weighted by Crippen LogP contribution is -2.42. The Morgan fingerprint density at radius 1 is 1.26 bits per heavy atom. The normalized spacial score (nSPS) is 29.4. The number of fused-ring (bicyclic) bond motifs is 1. The number of esters is 1. The van der Waals surface area contributed by atoms with Crippen molar-refractivity contribution in [1.82, 2.24) is 0 Å². The lowest BCUT2D eigenvalue weighted by Gasteiger charge is -2.39. The summed E-state index contributed by atoms with van der Waals surface area (Å²) < 4.78 is 5.27. The highest BCUT2D eigenvalue weighted by molar-refractivity contribution is 6.00. The molecule has 0 saturated heterocycles. The first kappa shape index (κ1) is 15.7. The highest BCUT2D eigenvalue weighted by Gasteiger charge is 2.50. The maximum absolute atomic E-state index is 12.2. The van der Waals surface area contributed by atoms with Crippen LogP contribution in [-0.2, 0) is 14.3 Å². The summed E-state index contributed by atoms with van der Waals surface area (Å²) in [5.74, 6) is -0.897. The molecule has 1 fully saturated rings. The van der Waals surface area contributed by atoms with E-state index in [1.165, 1.54) is 0 Å². The third-order valence-electron chi connectivity index (χ3n) is 5.04. The van der Waals surface area contributed by atoms with E-state index in [9.17, 15) is 14.4 Å². The van der Waals surface area contributed by atoms with Crippen LogP contribution in [0.4, 0.5) is 0 Å². The summed E-state index contributed by atoms with van der Waals surface area (Å²) in [5.41, 5.74) is 0.268. The molecule has 2 aliphatic carbocycles. The lowest BCUT2D eigenvalue weighted by molar-refractivity contribution is -0.137. The van der Waals surface area contributed by atoms with Crippen LogP contribution in [0.3, 0.4) is 0 Å². The van der Waals surface area contributed by atoms with Gasteiger partial charge in [0, 0.05) is 18.3 Å². The van der Waals surface area contributed by atoms with Crippen molar-refractivity contribution in [3.05, 3.63) is 48.0 Å². The molecule has 23 heavy (non-hydrogen) atoms. The van der Waals surface area contributed by atoms with Crippen LogP contribution in [0, 0.1) is 17.3 Å². The molecule has 0 spiro atoms. The Hall–Kier alpha value is -2.23. The Morgan fingerprint density at radius 3 is 2.74 bits per heavy atom. The SMILES string of the molecule is C[C@@]12C=CC(=O)[C@@H]1[C@H](CCOC(=O)c1ccccc1)C(=O)CC2. The molecule has 1 aromatic rings. The van der Waals surface area contributed by atoms with Crippen LogP contribution in [0.5, 0.6) is 0 Å². The molecule has 0 unspecified atom stereocenters. The monoisotopic (exact) mass is 312 g/mol. The average Bonchev–Trinajstić information content (AvgIpc) is 2.86. The van der Waals surface area contributed by atoms with Crippen LogP contribution < -0.4 is 0 Å². The minimum Gasteiger partial charge on any atom is -0.462 e. The number of carbonyl (C=O) groups excluding carboxylic acids is 3. The van der Waals surface area contributed by atoms with E-state index in [0.717, 1.165) is 6.42 Å². The zero-order chi connectivity index (χ0) is 16.4. The summed E-state index contributed by atoms with van der Waals surface area (Å²) in [5, 5.41) is 0. The zero-order valence-electron chi connectivity index (χ0n) is 13.2. The van der Waals surface area contributed by atoms with Gasteiger partial charge in [-0.25, -0.2) is 4.79 Å². The van der Waals surface area contributed by atoms with Gasteiger partial charge in [0.25, 0.3) is 0 Å². The molecule has 2 aliphatic rings. The molecule has 3 atom stereocenters. The van der Waals surface area contributed by atoms with Crippen LogP contribution in [0.2, 0.25) is 0 Å². The average molecular weight is 312 g/mol. The number of carbonyl (C=O) groups is 3. The van der Waals surface area contributed by atoms with Gasteiger partial charge in [-0.3, -0.25) is 9.59 Å². The van der Waals surface area contributed by atoms with E-state index < -0.39 is 5.97 Å². The number of ketones is 2. The maximum atomic E-state index is 12.2. The van der Waals surface area contributed by atoms with Crippen molar-refractivity contribution in [3.63, 3.8) is 0 Å². The van der Waals surface area contributed by atoms with Gasteiger partial charge < -0.3 is 4.74 Å². The first-order valence-electron chi connectivity index (χ1n) is 7.99. The van der Waals surface area contributed by atoms with Crippen LogP contribution in [0.15, 0.2) is 42.5 Å². The molecule has 0 N–H and O–H groups in total. The summed E-state index contributed by atoms with van der Waals surface area (Å²) >= 11 is 0. The Morgan fingerprint density at radius 2 is 2.00 bits per heavy atom. The van der Waals surface area contributed by atoms with Gasteiger partial charge in [0.1, 0.15) is 5.78 Å². The lowest BCUT2D eigenvalue weighted by atomic mass is 9.63. The molecule has 0 aliphatic heterocycles. The second kappa shape index (κ2) is 6.11. The Kier molecular flexibility index (Phi) is 4.16. The molecule has 4 heteroatoms. The van der Waals surface area contributed by atoms with E-state index in [2.05, 4.69) is 0 Å². The Bertz CT molecular complexity index is 661. The Balaban J connectivity index is 1.62. The van der Waals surface area contributed by atoms with Crippen molar-refractivity contribution < 1.29 is 19.1 Å². The summed E-state index contributed by atoms with van der Waals surface area (Å²) in [6.45, 7) is 2.19. The van der Waals surface area contributed by atoms with Gasteiger partial charge in [-0.1, -0.05) is 31.2 Å². The molecule has 0 amide bonds. The number of hydrogen-bond acceptors (Lipinski definition) is 4. The van der Waals surface area contributed by atoms with Crippen molar-refractivity contribution in [3.8, 4) is 0 Å². The quantitative estimate of drug-likeness (QED) is 0.802. The first-order chi connectivity index (χ1) is 11.0. The van der Waals surface area contributed by atoms with Crippen LogP contribution in [-0.4, -0.2) is 24.1 Å². The number of allylic oxidation sites excluding steroid dienone is 2. The number of rotatable bonds is 4.